The minimum atomic E-state index is -0.409. The Hall–Kier alpha value is -1.63. The molecule has 0 radical (unpaired) electrons. The minimum Gasteiger partial charge on any atom is -0.335 e. The van der Waals surface area contributed by atoms with E-state index < -0.39 is 6.03 Å². The fourth-order valence-electron chi connectivity index (χ4n) is 2.39. The molecule has 114 valence electrons. The van der Waals surface area contributed by atoms with Crippen LogP contribution in [0.5, 0.6) is 0 Å². The second-order valence-corrected chi connectivity index (χ2v) is 6.15. The number of hydrogen-bond donors (Lipinski definition) is 2. The molecule has 0 spiro atoms. The van der Waals surface area contributed by atoms with Crippen LogP contribution in [0.3, 0.4) is 0 Å². The Morgan fingerprint density at radius 2 is 2.00 bits per heavy atom. The summed E-state index contributed by atoms with van der Waals surface area (Å²) < 4.78 is 0. The molecule has 1 fully saturated rings. The average molecular weight is 308 g/mol. The van der Waals surface area contributed by atoms with E-state index in [1.54, 1.807) is 18.5 Å². The van der Waals surface area contributed by atoms with Crippen molar-refractivity contribution in [1.82, 2.24) is 20.6 Å². The smallest absolute Gasteiger partial charge is 0.321 e. The number of urea groups is 1. The van der Waals surface area contributed by atoms with Gasteiger partial charge in [-0.25, -0.2) is 14.8 Å². The molecular formula is C14H20N4O2S. The van der Waals surface area contributed by atoms with Crippen LogP contribution in [0.4, 0.5) is 4.79 Å². The van der Waals surface area contributed by atoms with Gasteiger partial charge in [-0.1, -0.05) is 31.5 Å². The Balaban J connectivity index is 1.70. The maximum absolute atomic E-state index is 11.8. The number of rotatable bonds is 4. The molecule has 6 nitrogen and oxygen atoms in total. The van der Waals surface area contributed by atoms with Crippen LogP contribution in [0, 0.1) is 5.92 Å². The van der Waals surface area contributed by atoms with Crippen LogP contribution in [0.2, 0.25) is 0 Å². The monoisotopic (exact) mass is 308 g/mol. The van der Waals surface area contributed by atoms with Crippen LogP contribution < -0.4 is 10.6 Å². The number of thioether (sulfide) groups is 1. The summed E-state index contributed by atoms with van der Waals surface area (Å²) in [6.45, 7) is 2.13. The zero-order chi connectivity index (χ0) is 15.1. The Morgan fingerprint density at radius 3 is 2.71 bits per heavy atom. The summed E-state index contributed by atoms with van der Waals surface area (Å²) in [4.78, 5) is 31.5. The summed E-state index contributed by atoms with van der Waals surface area (Å²) in [5.41, 5.74) is 0. The third-order valence-corrected chi connectivity index (χ3v) is 4.43. The molecule has 1 aliphatic carbocycles. The largest absolute Gasteiger partial charge is 0.335 e. The Kier molecular flexibility index (Phi) is 5.98. The van der Waals surface area contributed by atoms with Crippen molar-refractivity contribution in [1.29, 1.82) is 0 Å². The normalized spacial score (nSPS) is 21.6. The highest BCUT2D eigenvalue weighted by atomic mass is 32.2. The zero-order valence-corrected chi connectivity index (χ0v) is 12.9. The average Bonchev–Trinajstić information content (AvgIpc) is 2.48. The summed E-state index contributed by atoms with van der Waals surface area (Å²) >= 11 is 1.20. The molecule has 3 amide bonds. The number of imide groups is 1. The number of hydrogen-bond acceptors (Lipinski definition) is 5. The van der Waals surface area contributed by atoms with Gasteiger partial charge in [0.1, 0.15) is 0 Å². The van der Waals surface area contributed by atoms with E-state index in [9.17, 15) is 9.59 Å². The first-order chi connectivity index (χ1) is 10.1. The summed E-state index contributed by atoms with van der Waals surface area (Å²) in [5.74, 6) is 0.248. The maximum atomic E-state index is 11.8. The highest BCUT2D eigenvalue weighted by molar-refractivity contribution is 7.99. The Labute approximate surface area is 128 Å². The van der Waals surface area contributed by atoms with Gasteiger partial charge in [0.05, 0.1) is 5.75 Å². The van der Waals surface area contributed by atoms with Gasteiger partial charge in [-0.15, -0.1) is 0 Å². The summed E-state index contributed by atoms with van der Waals surface area (Å²) in [6.07, 6.45) is 7.68. The van der Waals surface area contributed by atoms with Crippen LogP contribution >= 0.6 is 11.8 Å². The molecule has 7 heteroatoms. The molecule has 2 atom stereocenters. The molecule has 0 aromatic carbocycles. The lowest BCUT2D eigenvalue weighted by molar-refractivity contribution is -0.117. The first kappa shape index (κ1) is 15.8. The molecule has 0 bridgehead atoms. The summed E-state index contributed by atoms with van der Waals surface area (Å²) in [5, 5.41) is 5.76. The van der Waals surface area contributed by atoms with Gasteiger partial charge in [0.2, 0.25) is 5.91 Å². The molecule has 21 heavy (non-hydrogen) atoms. The molecule has 2 unspecified atom stereocenters. The van der Waals surface area contributed by atoms with E-state index in [1.165, 1.54) is 18.2 Å². The topological polar surface area (TPSA) is 84.0 Å². The first-order valence-corrected chi connectivity index (χ1v) is 8.14. The standard InChI is InChI=1S/C14H20N4O2S/c1-10-5-2-3-6-11(10)17-13(20)18-12(19)9-21-14-15-7-4-8-16-14/h4,7-8,10-11H,2-3,5-6,9H2,1H3,(H2,17,18,19,20). The minimum absolute atomic E-state index is 0.123. The highest BCUT2D eigenvalue weighted by Crippen LogP contribution is 2.23. The van der Waals surface area contributed by atoms with Gasteiger partial charge < -0.3 is 5.32 Å². The molecule has 1 aliphatic rings. The van der Waals surface area contributed by atoms with Gasteiger partial charge >= 0.3 is 6.03 Å². The van der Waals surface area contributed by atoms with Gasteiger partial charge in [0.25, 0.3) is 0 Å². The molecule has 1 heterocycles. The number of nitrogens with zero attached hydrogens (tertiary/aromatic N) is 2. The molecule has 0 aliphatic heterocycles. The van der Waals surface area contributed by atoms with Gasteiger partial charge in [-0.3, -0.25) is 10.1 Å². The molecular weight excluding hydrogens is 288 g/mol. The predicted octanol–water partition coefficient (Wildman–Crippen LogP) is 1.97. The van der Waals surface area contributed by atoms with Crippen molar-refractivity contribution in [2.45, 2.75) is 43.8 Å². The molecule has 2 N–H and O–H groups in total. The number of amides is 3. The molecule has 1 saturated carbocycles. The fourth-order valence-corrected chi connectivity index (χ4v) is 2.99. The van der Waals surface area contributed by atoms with E-state index in [-0.39, 0.29) is 17.7 Å². The van der Waals surface area contributed by atoms with Crippen LogP contribution in [0.1, 0.15) is 32.6 Å². The quantitative estimate of drug-likeness (QED) is 0.656. The second-order valence-electron chi connectivity index (χ2n) is 5.21. The van der Waals surface area contributed by atoms with E-state index in [1.807, 2.05) is 0 Å². The summed E-state index contributed by atoms with van der Waals surface area (Å²) in [6, 6.07) is 1.47. The lowest BCUT2D eigenvalue weighted by atomic mass is 9.86. The first-order valence-electron chi connectivity index (χ1n) is 7.15. The van der Waals surface area contributed by atoms with Crippen LogP contribution in [0.25, 0.3) is 0 Å². The number of carbonyl (C=O) groups is 2. The predicted molar refractivity (Wildman–Crippen MR) is 80.9 cm³/mol. The molecule has 1 aromatic rings. The van der Waals surface area contributed by atoms with Gasteiger partial charge in [0.15, 0.2) is 5.16 Å². The van der Waals surface area contributed by atoms with Gasteiger partial charge in [-0.2, -0.15) is 0 Å². The van der Waals surface area contributed by atoms with Gasteiger partial charge in [0, 0.05) is 18.4 Å². The molecule has 1 aromatic heterocycles. The van der Waals surface area contributed by atoms with Crippen molar-refractivity contribution in [2.24, 2.45) is 5.92 Å². The third-order valence-electron chi connectivity index (χ3n) is 3.56. The van der Waals surface area contributed by atoms with E-state index in [4.69, 9.17) is 0 Å². The SMILES string of the molecule is CC1CCCCC1NC(=O)NC(=O)CSc1ncccn1. The van der Waals surface area contributed by atoms with Crippen molar-refractivity contribution in [2.75, 3.05) is 5.75 Å². The summed E-state index contributed by atoms with van der Waals surface area (Å²) in [7, 11) is 0. The van der Waals surface area contributed by atoms with Crippen molar-refractivity contribution < 1.29 is 9.59 Å². The van der Waals surface area contributed by atoms with Crippen molar-refractivity contribution in [3.63, 3.8) is 0 Å². The van der Waals surface area contributed by atoms with Crippen molar-refractivity contribution >= 4 is 23.7 Å². The van der Waals surface area contributed by atoms with E-state index in [0.717, 1.165) is 19.3 Å². The number of carbonyl (C=O) groups excluding carboxylic acids is 2. The fraction of sp³-hybridized carbons (Fsp3) is 0.571. The van der Waals surface area contributed by atoms with Crippen LogP contribution in [-0.4, -0.2) is 33.7 Å². The van der Waals surface area contributed by atoms with Crippen molar-refractivity contribution in [3.05, 3.63) is 18.5 Å². The van der Waals surface area contributed by atoms with Gasteiger partial charge in [-0.05, 0) is 24.8 Å². The highest BCUT2D eigenvalue weighted by Gasteiger charge is 2.23. The van der Waals surface area contributed by atoms with Crippen LogP contribution in [0.15, 0.2) is 23.6 Å². The van der Waals surface area contributed by atoms with Crippen molar-refractivity contribution in [3.8, 4) is 0 Å². The van der Waals surface area contributed by atoms with E-state index >= 15 is 0 Å². The lowest BCUT2D eigenvalue weighted by Crippen LogP contribution is -2.48. The van der Waals surface area contributed by atoms with Crippen LogP contribution in [-0.2, 0) is 4.79 Å². The zero-order valence-electron chi connectivity index (χ0n) is 12.0. The number of aromatic nitrogens is 2. The Bertz CT molecular complexity index is 483. The third kappa shape index (κ3) is 5.34. The Morgan fingerprint density at radius 1 is 1.29 bits per heavy atom. The second kappa shape index (κ2) is 7.97. The lowest BCUT2D eigenvalue weighted by Gasteiger charge is -2.29. The number of nitrogens with one attached hydrogen (secondary N) is 2. The maximum Gasteiger partial charge on any atom is 0.321 e. The molecule has 0 saturated heterocycles. The van der Waals surface area contributed by atoms with E-state index in [0.29, 0.717) is 11.1 Å². The van der Waals surface area contributed by atoms with E-state index in [2.05, 4.69) is 27.5 Å². The molecule has 2 rings (SSSR count).